The molecule has 0 heterocycles. The van der Waals surface area contributed by atoms with Crippen LogP contribution in [0.3, 0.4) is 0 Å². The van der Waals surface area contributed by atoms with Gasteiger partial charge in [0.1, 0.15) is 23.9 Å². The Bertz CT molecular complexity index is 972. The Balaban J connectivity index is 3.19. The highest BCUT2D eigenvalue weighted by molar-refractivity contribution is 7.80. The quantitative estimate of drug-likeness (QED) is 0.0518. The van der Waals surface area contributed by atoms with E-state index in [-0.39, 0.29) is 42.8 Å². The van der Waals surface area contributed by atoms with Gasteiger partial charge in [0.2, 0.25) is 17.7 Å². The molecule has 0 spiro atoms. The molecular weight excluding hydrogens is 514 g/mol. The van der Waals surface area contributed by atoms with E-state index in [2.05, 4.69) is 33.6 Å². The van der Waals surface area contributed by atoms with E-state index in [9.17, 15) is 29.4 Å². The molecule has 38 heavy (non-hydrogen) atoms. The normalized spacial score (nSPS) is 14.7. The van der Waals surface area contributed by atoms with Crippen LogP contribution in [-0.2, 0) is 25.6 Å². The maximum atomic E-state index is 13.3. The molecule has 13 nitrogen and oxygen atoms in total. The van der Waals surface area contributed by atoms with Gasteiger partial charge in [-0.05, 0) is 36.5 Å². The summed E-state index contributed by atoms with van der Waals surface area (Å²) in [6.45, 7) is 3.69. The van der Waals surface area contributed by atoms with Gasteiger partial charge >= 0.3 is 5.97 Å². The number of aliphatic carboxylic acids is 1. The summed E-state index contributed by atoms with van der Waals surface area (Å²) in [6.07, 6.45) is 0.958. The van der Waals surface area contributed by atoms with E-state index in [1.807, 2.05) is 0 Å². The fourth-order valence-electron chi connectivity index (χ4n) is 3.42. The lowest BCUT2D eigenvalue weighted by Crippen LogP contribution is -2.58. The predicted octanol–water partition coefficient (Wildman–Crippen LogP) is -1.17. The molecule has 0 aliphatic heterocycles. The van der Waals surface area contributed by atoms with Crippen molar-refractivity contribution in [3.8, 4) is 5.75 Å². The van der Waals surface area contributed by atoms with Gasteiger partial charge in [-0.1, -0.05) is 32.4 Å². The number of amides is 3. The minimum Gasteiger partial charge on any atom is -0.508 e. The molecule has 14 heteroatoms. The molecule has 0 aromatic heterocycles. The van der Waals surface area contributed by atoms with Gasteiger partial charge < -0.3 is 43.4 Å². The van der Waals surface area contributed by atoms with Crippen molar-refractivity contribution in [3.63, 3.8) is 0 Å². The second-order valence-corrected chi connectivity index (χ2v) is 9.31. The lowest BCUT2D eigenvalue weighted by molar-refractivity contribution is -0.143. The van der Waals surface area contributed by atoms with Crippen molar-refractivity contribution in [2.24, 2.45) is 28.1 Å². The van der Waals surface area contributed by atoms with E-state index >= 15 is 0 Å². The number of phenols is 1. The van der Waals surface area contributed by atoms with Crippen LogP contribution in [0.25, 0.3) is 0 Å². The average Bonchev–Trinajstić information content (AvgIpc) is 2.88. The van der Waals surface area contributed by atoms with Gasteiger partial charge in [-0.2, -0.15) is 12.6 Å². The summed E-state index contributed by atoms with van der Waals surface area (Å²) in [5.41, 5.74) is 17.0. The number of nitrogens with zero attached hydrogens (tertiary/aromatic N) is 1. The molecule has 0 aliphatic carbocycles. The number of phenolic OH excluding ortho intramolecular Hbond substituents is 1. The Kier molecular flexibility index (Phi) is 14.0. The summed E-state index contributed by atoms with van der Waals surface area (Å²) in [5.74, 6) is -3.62. The number of guanidine groups is 1. The lowest BCUT2D eigenvalue weighted by atomic mass is 9.98. The number of hydrogen-bond donors (Lipinski definition) is 9. The zero-order chi connectivity index (χ0) is 28.8. The van der Waals surface area contributed by atoms with Crippen LogP contribution in [-0.4, -0.2) is 76.3 Å². The molecule has 5 atom stereocenters. The first-order chi connectivity index (χ1) is 17.9. The van der Waals surface area contributed by atoms with Gasteiger partial charge in [0.05, 0.1) is 6.04 Å². The molecule has 0 fully saturated rings. The third-order valence-electron chi connectivity index (χ3n) is 5.90. The summed E-state index contributed by atoms with van der Waals surface area (Å²) in [6, 6.07) is 1.60. The second kappa shape index (κ2) is 16.3. The Morgan fingerprint density at radius 1 is 1.00 bits per heavy atom. The molecule has 0 saturated carbocycles. The standard InChI is InChI=1S/C24H39N7O6S/c1-3-13(2)19(23(36)37)31-22(35)18(11-14-6-8-15(32)9-7-14)30-21(34)17(5-4-10-28-24(26)27)29-20(33)16(25)12-38/h6-9,13,16-19,32,38H,3-5,10-12,25H2,1-2H3,(H,29,33)(H,30,34)(H,31,35)(H,36,37)(H4,26,27,28). The largest absolute Gasteiger partial charge is 0.508 e. The molecule has 11 N–H and O–H groups in total. The monoisotopic (exact) mass is 553 g/mol. The molecule has 0 saturated heterocycles. The van der Waals surface area contributed by atoms with Crippen molar-refractivity contribution in [3.05, 3.63) is 29.8 Å². The van der Waals surface area contributed by atoms with Crippen LogP contribution in [0.1, 0.15) is 38.7 Å². The van der Waals surface area contributed by atoms with E-state index in [1.165, 1.54) is 12.1 Å². The fraction of sp³-hybridized carbons (Fsp3) is 0.542. The van der Waals surface area contributed by atoms with Crippen molar-refractivity contribution in [1.82, 2.24) is 16.0 Å². The smallest absolute Gasteiger partial charge is 0.326 e. The molecule has 0 aliphatic rings. The molecular formula is C24H39N7O6S. The van der Waals surface area contributed by atoms with Crippen molar-refractivity contribution >= 4 is 42.3 Å². The zero-order valence-corrected chi connectivity index (χ0v) is 22.5. The third kappa shape index (κ3) is 11.3. The number of aromatic hydroxyl groups is 1. The number of carboxylic acids is 1. The van der Waals surface area contributed by atoms with Crippen molar-refractivity contribution in [2.45, 2.75) is 63.7 Å². The molecule has 0 bridgehead atoms. The number of thiol groups is 1. The second-order valence-electron chi connectivity index (χ2n) is 8.94. The summed E-state index contributed by atoms with van der Waals surface area (Å²) < 4.78 is 0. The highest BCUT2D eigenvalue weighted by Gasteiger charge is 2.32. The van der Waals surface area contributed by atoms with Crippen molar-refractivity contribution < 1.29 is 29.4 Å². The van der Waals surface area contributed by atoms with E-state index in [0.717, 1.165) is 0 Å². The number of aliphatic imine (C=N–C) groups is 1. The molecule has 1 rings (SSSR count). The summed E-state index contributed by atoms with van der Waals surface area (Å²) in [5, 5.41) is 26.9. The number of hydrogen-bond acceptors (Lipinski definition) is 8. The summed E-state index contributed by atoms with van der Waals surface area (Å²) in [7, 11) is 0. The molecule has 5 unspecified atom stereocenters. The van der Waals surface area contributed by atoms with Gasteiger partial charge in [-0.25, -0.2) is 4.79 Å². The Labute approximate surface area is 227 Å². The van der Waals surface area contributed by atoms with E-state index in [4.69, 9.17) is 17.2 Å². The minimum absolute atomic E-state index is 0.00445. The number of nitrogens with two attached hydrogens (primary N) is 3. The van der Waals surface area contributed by atoms with Crippen LogP contribution < -0.4 is 33.2 Å². The fourth-order valence-corrected chi connectivity index (χ4v) is 3.59. The number of rotatable bonds is 16. The Morgan fingerprint density at radius 2 is 1.58 bits per heavy atom. The lowest BCUT2D eigenvalue weighted by Gasteiger charge is -2.26. The number of nitrogens with one attached hydrogen (secondary N) is 3. The summed E-state index contributed by atoms with van der Waals surface area (Å²) >= 11 is 4.00. The van der Waals surface area contributed by atoms with Crippen LogP contribution in [0.15, 0.2) is 29.3 Å². The Morgan fingerprint density at radius 3 is 2.11 bits per heavy atom. The first kappa shape index (κ1) is 32.5. The highest BCUT2D eigenvalue weighted by atomic mass is 32.1. The van der Waals surface area contributed by atoms with Gasteiger partial charge in [0.15, 0.2) is 5.96 Å². The SMILES string of the molecule is CCC(C)C(NC(=O)C(Cc1ccc(O)cc1)NC(=O)C(CCCN=C(N)N)NC(=O)C(N)CS)C(=O)O. The third-order valence-corrected chi connectivity index (χ3v) is 6.29. The highest BCUT2D eigenvalue weighted by Crippen LogP contribution is 2.13. The van der Waals surface area contributed by atoms with Gasteiger partial charge in [0, 0.05) is 18.7 Å². The minimum atomic E-state index is -1.20. The van der Waals surface area contributed by atoms with Crippen LogP contribution in [0.4, 0.5) is 0 Å². The van der Waals surface area contributed by atoms with Gasteiger partial charge in [-0.15, -0.1) is 0 Å². The van der Waals surface area contributed by atoms with Crippen LogP contribution in [0, 0.1) is 5.92 Å². The molecule has 3 amide bonds. The van der Waals surface area contributed by atoms with E-state index in [0.29, 0.717) is 18.4 Å². The van der Waals surface area contributed by atoms with Crippen molar-refractivity contribution in [1.29, 1.82) is 0 Å². The van der Waals surface area contributed by atoms with Crippen LogP contribution in [0.2, 0.25) is 0 Å². The number of carboxylic acid groups (broad SMARTS) is 1. The average molecular weight is 554 g/mol. The molecule has 0 radical (unpaired) electrons. The zero-order valence-electron chi connectivity index (χ0n) is 21.6. The number of carbonyl (C=O) groups excluding carboxylic acids is 3. The molecule has 1 aromatic rings. The van der Waals surface area contributed by atoms with Crippen LogP contribution in [0.5, 0.6) is 5.75 Å². The first-order valence-electron chi connectivity index (χ1n) is 12.2. The first-order valence-corrected chi connectivity index (χ1v) is 12.9. The molecule has 212 valence electrons. The van der Waals surface area contributed by atoms with E-state index in [1.54, 1.807) is 26.0 Å². The predicted molar refractivity (Wildman–Crippen MR) is 146 cm³/mol. The maximum absolute atomic E-state index is 13.3. The molecule has 1 aromatic carbocycles. The van der Waals surface area contributed by atoms with E-state index < -0.39 is 47.9 Å². The maximum Gasteiger partial charge on any atom is 0.326 e. The topological polar surface area (TPSA) is 235 Å². The van der Waals surface area contributed by atoms with Crippen molar-refractivity contribution in [2.75, 3.05) is 12.3 Å². The number of benzene rings is 1. The Hall–Kier alpha value is -3.52. The van der Waals surface area contributed by atoms with Gasteiger partial charge in [0.25, 0.3) is 0 Å². The van der Waals surface area contributed by atoms with Crippen LogP contribution >= 0.6 is 12.6 Å². The number of carbonyl (C=O) groups is 4. The summed E-state index contributed by atoms with van der Waals surface area (Å²) in [4.78, 5) is 54.5. The van der Waals surface area contributed by atoms with Gasteiger partial charge in [-0.3, -0.25) is 19.4 Å².